The van der Waals surface area contributed by atoms with Gasteiger partial charge in [0.15, 0.2) is 5.13 Å². The molecular weight excluding hydrogens is 398 g/mol. The highest BCUT2D eigenvalue weighted by molar-refractivity contribution is 7.22. The summed E-state index contributed by atoms with van der Waals surface area (Å²) in [5.41, 5.74) is 3.05. The lowest BCUT2D eigenvalue weighted by Crippen LogP contribution is -2.31. The van der Waals surface area contributed by atoms with Crippen LogP contribution in [0.3, 0.4) is 0 Å². The van der Waals surface area contributed by atoms with Gasteiger partial charge in [0, 0.05) is 17.3 Å². The molecule has 0 saturated heterocycles. The second-order valence-electron chi connectivity index (χ2n) is 6.19. The van der Waals surface area contributed by atoms with Crippen LogP contribution in [0.1, 0.15) is 16.0 Å². The van der Waals surface area contributed by atoms with E-state index in [9.17, 15) is 4.79 Å². The number of rotatable bonds is 5. The molecule has 1 amide bonds. The second-order valence-corrected chi connectivity index (χ2v) is 9.00. The van der Waals surface area contributed by atoms with Gasteiger partial charge in [-0.1, -0.05) is 35.1 Å². The third kappa shape index (κ3) is 4.18. The zero-order valence-electron chi connectivity index (χ0n) is 14.6. The van der Waals surface area contributed by atoms with Crippen molar-refractivity contribution in [1.82, 2.24) is 9.97 Å². The first-order chi connectivity index (χ1) is 13.1. The van der Waals surface area contributed by atoms with Crippen molar-refractivity contribution in [3.63, 3.8) is 0 Å². The van der Waals surface area contributed by atoms with Crippen molar-refractivity contribution < 1.29 is 4.79 Å². The van der Waals surface area contributed by atoms with Gasteiger partial charge in [0.05, 0.1) is 27.5 Å². The molecule has 0 aliphatic heterocycles. The summed E-state index contributed by atoms with van der Waals surface area (Å²) in [6.07, 6.45) is 3.80. The highest BCUT2D eigenvalue weighted by Gasteiger charge is 2.21. The fourth-order valence-corrected chi connectivity index (χ4v) is 4.92. The van der Waals surface area contributed by atoms with Gasteiger partial charge >= 0.3 is 0 Å². The molecule has 0 unspecified atom stereocenters. The minimum atomic E-state index is -0.00634. The predicted molar refractivity (Wildman–Crippen MR) is 113 cm³/mol. The number of hydrogen-bond acceptors (Lipinski definition) is 5. The number of halogens is 1. The molecule has 4 nitrogen and oxygen atoms in total. The summed E-state index contributed by atoms with van der Waals surface area (Å²) in [7, 11) is 0. The van der Waals surface area contributed by atoms with Crippen molar-refractivity contribution in [3.05, 3.63) is 75.2 Å². The number of thiazole rings is 1. The van der Waals surface area contributed by atoms with Crippen molar-refractivity contribution in [2.24, 2.45) is 0 Å². The topological polar surface area (TPSA) is 46.1 Å². The smallest absolute Gasteiger partial charge is 0.234 e. The zero-order chi connectivity index (χ0) is 18.8. The number of nitrogens with zero attached hydrogens (tertiary/aromatic N) is 3. The van der Waals surface area contributed by atoms with Crippen LogP contribution in [0.15, 0.2) is 54.9 Å². The van der Waals surface area contributed by atoms with E-state index < -0.39 is 0 Å². The van der Waals surface area contributed by atoms with E-state index in [0.29, 0.717) is 22.4 Å². The third-order valence-corrected chi connectivity index (χ3v) is 6.35. The summed E-state index contributed by atoms with van der Waals surface area (Å²) < 4.78 is 1.76. The van der Waals surface area contributed by atoms with Gasteiger partial charge in [-0.25, -0.2) is 4.98 Å². The molecule has 0 saturated carbocycles. The molecule has 4 rings (SSSR count). The summed E-state index contributed by atoms with van der Waals surface area (Å²) in [5, 5.41) is 0.701. The molecule has 3 heterocycles. The van der Waals surface area contributed by atoms with E-state index in [-0.39, 0.29) is 5.91 Å². The number of carbonyl (C=O) groups is 1. The molecule has 0 fully saturated rings. The molecule has 3 aromatic heterocycles. The Kier molecular flexibility index (Phi) is 5.20. The van der Waals surface area contributed by atoms with Crippen LogP contribution in [0.4, 0.5) is 5.13 Å². The fraction of sp³-hybridized carbons (Fsp3) is 0.150. The zero-order valence-corrected chi connectivity index (χ0v) is 16.9. The van der Waals surface area contributed by atoms with Crippen LogP contribution in [-0.2, 0) is 17.8 Å². The van der Waals surface area contributed by atoms with Gasteiger partial charge in [0.25, 0.3) is 0 Å². The Bertz CT molecular complexity index is 1090. The summed E-state index contributed by atoms with van der Waals surface area (Å²) in [5.74, 6) is -0.00634. The van der Waals surface area contributed by atoms with E-state index in [1.54, 1.807) is 17.3 Å². The van der Waals surface area contributed by atoms with Gasteiger partial charge in [0.2, 0.25) is 5.91 Å². The molecule has 0 spiro atoms. The largest absolute Gasteiger partial charge is 0.283 e. The Morgan fingerprint density at radius 1 is 1.19 bits per heavy atom. The molecule has 27 heavy (non-hydrogen) atoms. The number of carbonyl (C=O) groups excluding carboxylic acids is 1. The number of amides is 1. The van der Waals surface area contributed by atoms with Crippen molar-refractivity contribution in [1.29, 1.82) is 0 Å². The maximum absolute atomic E-state index is 13.1. The molecule has 0 aliphatic carbocycles. The van der Waals surface area contributed by atoms with Gasteiger partial charge in [-0.2, -0.15) is 0 Å². The number of benzene rings is 1. The first-order valence-corrected chi connectivity index (χ1v) is 10.4. The summed E-state index contributed by atoms with van der Waals surface area (Å²) >= 11 is 8.98. The average molecular weight is 414 g/mol. The molecule has 7 heteroatoms. The normalized spacial score (nSPS) is 11.0. The molecular formula is C20H16ClN3OS2. The second kappa shape index (κ2) is 7.76. The Morgan fingerprint density at radius 3 is 2.81 bits per heavy atom. The van der Waals surface area contributed by atoms with Crippen LogP contribution in [0, 0.1) is 6.92 Å². The van der Waals surface area contributed by atoms with E-state index in [2.05, 4.69) is 18.0 Å². The maximum Gasteiger partial charge on any atom is 0.234 e. The summed E-state index contributed by atoms with van der Waals surface area (Å²) in [4.78, 5) is 24.7. The molecule has 1 aromatic carbocycles. The Labute approximate surface area is 170 Å². The van der Waals surface area contributed by atoms with E-state index in [1.807, 2.05) is 36.4 Å². The number of pyridine rings is 1. The van der Waals surface area contributed by atoms with Crippen molar-refractivity contribution in [3.8, 4) is 0 Å². The van der Waals surface area contributed by atoms with Gasteiger partial charge < -0.3 is 0 Å². The molecule has 4 aromatic rings. The van der Waals surface area contributed by atoms with Crippen LogP contribution < -0.4 is 4.90 Å². The average Bonchev–Trinajstić information content (AvgIpc) is 3.25. The van der Waals surface area contributed by atoms with Gasteiger partial charge in [-0.05, 0) is 48.4 Å². The lowest BCUT2D eigenvalue weighted by Gasteiger charge is -2.19. The highest BCUT2D eigenvalue weighted by atomic mass is 35.5. The highest BCUT2D eigenvalue weighted by Crippen LogP contribution is 2.31. The minimum absolute atomic E-state index is 0.00634. The fourth-order valence-electron chi connectivity index (χ4n) is 2.76. The van der Waals surface area contributed by atoms with Crippen LogP contribution in [0.5, 0.6) is 0 Å². The van der Waals surface area contributed by atoms with Crippen molar-refractivity contribution >= 4 is 55.5 Å². The van der Waals surface area contributed by atoms with Gasteiger partial charge in [-0.15, -0.1) is 11.3 Å². The first-order valence-electron chi connectivity index (χ1n) is 8.39. The molecule has 0 atom stereocenters. The van der Waals surface area contributed by atoms with Crippen molar-refractivity contribution in [2.75, 3.05) is 4.90 Å². The lowest BCUT2D eigenvalue weighted by molar-refractivity contribution is -0.118. The van der Waals surface area contributed by atoms with Crippen LogP contribution >= 0.6 is 34.3 Å². The van der Waals surface area contributed by atoms with Crippen LogP contribution in [0.25, 0.3) is 10.2 Å². The lowest BCUT2D eigenvalue weighted by atomic mass is 10.2. The number of hydrogen-bond donors (Lipinski definition) is 0. The predicted octanol–water partition coefficient (Wildman–Crippen LogP) is 5.49. The maximum atomic E-state index is 13.1. The van der Waals surface area contributed by atoms with Gasteiger partial charge in [0.1, 0.15) is 0 Å². The standard InChI is InChI=1S/C20H16ClN3OS2/c1-13-4-6-16-17(9-13)27-20(23-16)24(12-14-3-2-8-22-11-14)19(25)10-15-5-7-18(21)26-15/h2-9,11H,10,12H2,1H3. The monoisotopic (exact) mass is 413 g/mol. The summed E-state index contributed by atoms with van der Waals surface area (Å²) in [6.45, 7) is 2.49. The number of anilines is 1. The van der Waals surface area contributed by atoms with Crippen LogP contribution in [-0.4, -0.2) is 15.9 Å². The molecule has 0 radical (unpaired) electrons. The third-order valence-electron chi connectivity index (χ3n) is 4.08. The van der Waals surface area contributed by atoms with Crippen molar-refractivity contribution in [2.45, 2.75) is 19.9 Å². The summed E-state index contributed by atoms with van der Waals surface area (Å²) in [6, 6.07) is 13.7. The Hall–Kier alpha value is -2.28. The molecule has 0 N–H and O–H groups in total. The number of fused-ring (bicyclic) bond motifs is 1. The molecule has 0 aliphatic rings. The molecule has 136 valence electrons. The van der Waals surface area contributed by atoms with Gasteiger partial charge in [-0.3, -0.25) is 14.7 Å². The quantitative estimate of drug-likeness (QED) is 0.434. The Morgan fingerprint density at radius 2 is 2.07 bits per heavy atom. The minimum Gasteiger partial charge on any atom is -0.283 e. The first kappa shape index (κ1) is 18.1. The number of aromatic nitrogens is 2. The number of aryl methyl sites for hydroxylation is 1. The molecule has 0 bridgehead atoms. The van der Waals surface area contributed by atoms with E-state index in [4.69, 9.17) is 16.6 Å². The SMILES string of the molecule is Cc1ccc2nc(N(Cc3cccnc3)C(=O)Cc3ccc(Cl)s3)sc2c1. The van der Waals surface area contributed by atoms with E-state index >= 15 is 0 Å². The number of thiophene rings is 1. The van der Waals surface area contributed by atoms with Crippen LogP contribution in [0.2, 0.25) is 4.34 Å². The van der Waals surface area contributed by atoms with E-state index in [1.165, 1.54) is 28.2 Å². The Balaban J connectivity index is 1.68. The van der Waals surface area contributed by atoms with E-state index in [0.717, 1.165) is 20.7 Å².